The van der Waals surface area contributed by atoms with E-state index in [0.717, 1.165) is 0 Å². The molecular formula is C18H16F6N2O3S. The summed E-state index contributed by atoms with van der Waals surface area (Å²) in [5, 5.41) is -0.672. The fourth-order valence-corrected chi connectivity index (χ4v) is 4.84. The molecule has 2 saturated heterocycles. The minimum atomic E-state index is -5.06. The molecule has 0 amide bonds. The van der Waals surface area contributed by atoms with Crippen LogP contribution >= 0.6 is 11.3 Å². The summed E-state index contributed by atoms with van der Waals surface area (Å²) >= 11 is 0.558. The number of fused-ring (bicyclic) bond motifs is 1. The van der Waals surface area contributed by atoms with Crippen molar-refractivity contribution in [1.29, 1.82) is 0 Å². The van der Waals surface area contributed by atoms with Gasteiger partial charge in [0.25, 0.3) is 5.56 Å². The number of hydrogen-bond acceptors (Lipinski definition) is 6. The van der Waals surface area contributed by atoms with Crippen LogP contribution in [0.2, 0.25) is 0 Å². The first-order chi connectivity index (χ1) is 13.9. The van der Waals surface area contributed by atoms with Crippen LogP contribution in [0.5, 0.6) is 0 Å². The topological polar surface area (TPSA) is 51.7 Å². The Morgan fingerprint density at radius 2 is 1.80 bits per heavy atom. The predicted octanol–water partition coefficient (Wildman–Crippen LogP) is 4.43. The van der Waals surface area contributed by atoms with Gasteiger partial charge in [0.15, 0.2) is 10.9 Å². The van der Waals surface area contributed by atoms with E-state index in [-0.39, 0.29) is 17.3 Å². The summed E-state index contributed by atoms with van der Waals surface area (Å²) in [5.74, 6) is -0.754. The fourth-order valence-electron chi connectivity index (χ4n) is 3.67. The van der Waals surface area contributed by atoms with Gasteiger partial charge >= 0.3 is 12.4 Å². The number of anilines is 1. The minimum Gasteiger partial charge on any atom is -0.348 e. The number of benzene rings is 1. The predicted molar refractivity (Wildman–Crippen MR) is 96.6 cm³/mol. The van der Waals surface area contributed by atoms with Gasteiger partial charge in [-0.05, 0) is 19.1 Å². The zero-order valence-corrected chi connectivity index (χ0v) is 16.4. The molecule has 12 heteroatoms. The van der Waals surface area contributed by atoms with E-state index in [2.05, 4.69) is 4.98 Å². The molecule has 0 radical (unpaired) electrons. The Labute approximate surface area is 170 Å². The van der Waals surface area contributed by atoms with Crippen LogP contribution in [0.3, 0.4) is 0 Å². The Hall–Kier alpha value is -1.92. The third-order valence-electron chi connectivity index (χ3n) is 5.14. The van der Waals surface area contributed by atoms with Crippen LogP contribution in [-0.4, -0.2) is 36.6 Å². The molecular weight excluding hydrogens is 438 g/mol. The van der Waals surface area contributed by atoms with E-state index in [1.54, 1.807) is 4.90 Å². The van der Waals surface area contributed by atoms with E-state index in [1.807, 2.05) is 6.92 Å². The molecule has 0 saturated carbocycles. The first-order valence-electron chi connectivity index (χ1n) is 9.08. The molecule has 2 aromatic rings. The fraction of sp³-hybridized carbons (Fsp3) is 0.556. The highest BCUT2D eigenvalue weighted by Crippen LogP contribution is 2.42. The Balaban J connectivity index is 1.74. The van der Waals surface area contributed by atoms with Crippen molar-refractivity contribution in [3.63, 3.8) is 0 Å². The van der Waals surface area contributed by atoms with E-state index >= 15 is 0 Å². The highest BCUT2D eigenvalue weighted by molar-refractivity contribution is 7.21. The first kappa shape index (κ1) is 21.3. The molecule has 2 aliphatic heterocycles. The van der Waals surface area contributed by atoms with Crippen LogP contribution in [0, 0.1) is 0 Å². The highest BCUT2D eigenvalue weighted by Gasteiger charge is 2.43. The van der Waals surface area contributed by atoms with Crippen LogP contribution in [0.1, 0.15) is 30.9 Å². The summed E-state index contributed by atoms with van der Waals surface area (Å²) in [7, 11) is 0. The lowest BCUT2D eigenvalue weighted by Crippen LogP contribution is -2.45. The van der Waals surface area contributed by atoms with E-state index in [9.17, 15) is 31.1 Å². The second-order valence-electron chi connectivity index (χ2n) is 7.33. The monoisotopic (exact) mass is 454 g/mol. The van der Waals surface area contributed by atoms with Crippen LogP contribution in [0.15, 0.2) is 16.9 Å². The summed E-state index contributed by atoms with van der Waals surface area (Å²) in [6.45, 7) is 2.95. The van der Waals surface area contributed by atoms with Gasteiger partial charge in [0.05, 0.1) is 33.9 Å². The summed E-state index contributed by atoms with van der Waals surface area (Å²) < 4.78 is 90.5. The van der Waals surface area contributed by atoms with Gasteiger partial charge in [0, 0.05) is 25.9 Å². The minimum absolute atomic E-state index is 0.0265. The van der Waals surface area contributed by atoms with Crippen molar-refractivity contribution in [3.05, 3.63) is 33.6 Å². The van der Waals surface area contributed by atoms with Crippen LogP contribution in [0.4, 0.5) is 31.5 Å². The molecule has 0 aliphatic carbocycles. The van der Waals surface area contributed by atoms with Gasteiger partial charge < -0.3 is 14.4 Å². The smallest absolute Gasteiger partial charge is 0.348 e. The number of nitrogens with zero attached hydrogens (tertiary/aromatic N) is 2. The molecule has 1 aromatic carbocycles. The van der Waals surface area contributed by atoms with Gasteiger partial charge in [-0.2, -0.15) is 31.3 Å². The van der Waals surface area contributed by atoms with E-state index in [1.165, 1.54) is 0 Å². The molecule has 164 valence electrons. The number of halogens is 6. The van der Waals surface area contributed by atoms with Crippen molar-refractivity contribution in [2.24, 2.45) is 0 Å². The number of ether oxygens (including phenoxy) is 2. The van der Waals surface area contributed by atoms with Gasteiger partial charge in [-0.25, -0.2) is 0 Å². The maximum atomic E-state index is 13.5. The first-order valence-corrected chi connectivity index (χ1v) is 9.90. The zero-order chi connectivity index (χ0) is 21.9. The number of alkyl halides is 6. The maximum Gasteiger partial charge on any atom is 0.417 e. The quantitative estimate of drug-likeness (QED) is 0.597. The summed E-state index contributed by atoms with van der Waals surface area (Å²) in [4.78, 5) is 17.8. The lowest BCUT2D eigenvalue weighted by Gasteiger charge is -2.38. The third-order valence-corrected chi connectivity index (χ3v) is 6.31. The highest BCUT2D eigenvalue weighted by atomic mass is 32.1. The molecule has 3 heterocycles. The Kier molecular flexibility index (Phi) is 5.02. The zero-order valence-electron chi connectivity index (χ0n) is 15.6. The molecule has 2 fully saturated rings. The standard InChI is InChI=1S/C18H16F6N2O3S/c1-9-8-28-16(29-9)2-4-26(5-3-16)15-25-14(27)11-6-10(17(19,20)21)7-12(13(11)30-15)18(22,23)24/h6-7,9H,2-5,8H2,1H3/t9-/m0/s1. The normalized spacial score (nSPS) is 22.2. The van der Waals surface area contributed by atoms with E-state index < -0.39 is 44.9 Å². The molecule has 1 aromatic heterocycles. The van der Waals surface area contributed by atoms with Crippen molar-refractivity contribution in [2.45, 2.75) is 44.0 Å². The maximum absolute atomic E-state index is 13.5. The Morgan fingerprint density at radius 3 is 2.33 bits per heavy atom. The van der Waals surface area contributed by atoms with E-state index in [0.29, 0.717) is 49.9 Å². The second kappa shape index (κ2) is 7.06. The summed E-state index contributed by atoms with van der Waals surface area (Å²) in [6, 6.07) is 0.460. The molecule has 2 aliphatic rings. The molecule has 0 bridgehead atoms. The van der Waals surface area contributed by atoms with Gasteiger partial charge in [0.2, 0.25) is 0 Å². The lowest BCUT2D eigenvalue weighted by atomic mass is 10.0. The molecule has 1 atom stereocenters. The van der Waals surface area contributed by atoms with Crippen LogP contribution in [0.25, 0.3) is 10.1 Å². The SMILES string of the molecule is C[C@H]1COC2(CCN(c3nc(=O)c4cc(C(F)(F)F)cc(C(F)(F)F)c4s3)CC2)O1. The molecule has 5 nitrogen and oxygen atoms in total. The Bertz CT molecular complexity index is 1030. The van der Waals surface area contributed by atoms with Gasteiger partial charge in [-0.3, -0.25) is 4.79 Å². The second-order valence-corrected chi connectivity index (χ2v) is 8.31. The third kappa shape index (κ3) is 3.87. The largest absolute Gasteiger partial charge is 0.417 e. The molecule has 0 N–H and O–H groups in total. The lowest BCUT2D eigenvalue weighted by molar-refractivity contribution is -0.178. The van der Waals surface area contributed by atoms with Crippen molar-refractivity contribution in [1.82, 2.24) is 4.98 Å². The number of aromatic nitrogens is 1. The van der Waals surface area contributed by atoms with Gasteiger partial charge in [0.1, 0.15) is 0 Å². The summed E-state index contributed by atoms with van der Waals surface area (Å²) in [5.41, 5.74) is -4.16. The molecule has 30 heavy (non-hydrogen) atoms. The molecule has 1 spiro atoms. The van der Waals surface area contributed by atoms with Crippen molar-refractivity contribution < 1.29 is 35.8 Å². The Morgan fingerprint density at radius 1 is 1.13 bits per heavy atom. The van der Waals surface area contributed by atoms with Crippen LogP contribution in [-0.2, 0) is 21.8 Å². The van der Waals surface area contributed by atoms with Crippen LogP contribution < -0.4 is 10.5 Å². The average Bonchev–Trinajstić information content (AvgIpc) is 3.00. The molecule has 0 unspecified atom stereocenters. The summed E-state index contributed by atoms with van der Waals surface area (Å²) in [6.07, 6.45) is -9.30. The van der Waals surface area contributed by atoms with Crippen molar-refractivity contribution in [3.8, 4) is 0 Å². The number of rotatable bonds is 1. The average molecular weight is 454 g/mol. The van der Waals surface area contributed by atoms with Gasteiger partial charge in [-0.15, -0.1) is 0 Å². The molecule has 4 rings (SSSR count). The van der Waals surface area contributed by atoms with Crippen molar-refractivity contribution >= 4 is 26.6 Å². The number of hydrogen-bond donors (Lipinski definition) is 0. The van der Waals surface area contributed by atoms with Crippen molar-refractivity contribution in [2.75, 3.05) is 24.6 Å². The number of piperidine rings is 1. The van der Waals surface area contributed by atoms with Gasteiger partial charge in [-0.1, -0.05) is 11.3 Å². The van der Waals surface area contributed by atoms with E-state index in [4.69, 9.17) is 9.47 Å².